The van der Waals surface area contributed by atoms with Gasteiger partial charge >= 0.3 is 0 Å². The summed E-state index contributed by atoms with van der Waals surface area (Å²) in [4.78, 5) is 14.1. The molecule has 3 rings (SSSR count). The van der Waals surface area contributed by atoms with E-state index in [4.69, 9.17) is 0 Å². The maximum atomic E-state index is 13.9. The second kappa shape index (κ2) is 5.84. The van der Waals surface area contributed by atoms with E-state index in [1.54, 1.807) is 4.90 Å². The van der Waals surface area contributed by atoms with Crippen LogP contribution < -0.4 is 0 Å². The highest BCUT2D eigenvalue weighted by Crippen LogP contribution is 2.28. The molecule has 2 heterocycles. The summed E-state index contributed by atoms with van der Waals surface area (Å²) in [5.41, 5.74) is -0.132. The minimum atomic E-state index is -0.757. The number of likely N-dealkylation sites (tertiary alicyclic amines) is 1. The summed E-state index contributed by atoms with van der Waals surface area (Å²) in [6, 6.07) is 3.52. The number of carbonyl (C=O) groups is 1. The second-order valence-electron chi connectivity index (χ2n) is 5.28. The molecule has 5 nitrogen and oxygen atoms in total. The van der Waals surface area contributed by atoms with Crippen molar-refractivity contribution in [2.24, 2.45) is 0 Å². The molecule has 1 aliphatic heterocycles. The Hall–Kier alpha value is -2.28. The average molecular weight is 307 g/mol. The van der Waals surface area contributed by atoms with Crippen molar-refractivity contribution in [2.75, 3.05) is 13.1 Å². The van der Waals surface area contributed by atoms with Crippen molar-refractivity contribution < 1.29 is 18.7 Å². The molecule has 2 aromatic rings. The maximum absolute atomic E-state index is 13.9. The number of amides is 1. The highest BCUT2D eigenvalue weighted by Gasteiger charge is 2.27. The molecule has 2 N–H and O–H groups in total. The predicted molar refractivity (Wildman–Crippen MR) is 75.1 cm³/mol. The van der Waals surface area contributed by atoms with Crippen LogP contribution in [0.15, 0.2) is 24.4 Å². The molecule has 1 fully saturated rings. The van der Waals surface area contributed by atoms with Crippen LogP contribution in [0.2, 0.25) is 0 Å². The van der Waals surface area contributed by atoms with Crippen molar-refractivity contribution >= 4 is 5.91 Å². The second-order valence-corrected chi connectivity index (χ2v) is 5.28. The largest absolute Gasteiger partial charge is 0.393 e. The number of carbonyl (C=O) groups excluding carboxylic acids is 1. The summed E-state index contributed by atoms with van der Waals surface area (Å²) in [7, 11) is 0. The number of nitrogens with zero attached hydrogens (tertiary/aromatic N) is 2. The minimum absolute atomic E-state index is 0.0340. The van der Waals surface area contributed by atoms with Crippen LogP contribution in [0.4, 0.5) is 8.78 Å². The highest BCUT2D eigenvalue weighted by atomic mass is 19.1. The van der Waals surface area contributed by atoms with Crippen molar-refractivity contribution in [3.63, 3.8) is 0 Å². The van der Waals surface area contributed by atoms with E-state index in [0.717, 1.165) is 12.1 Å². The Labute approximate surface area is 125 Å². The molecule has 0 bridgehead atoms. The van der Waals surface area contributed by atoms with Crippen LogP contribution >= 0.6 is 0 Å². The molecule has 1 aromatic carbocycles. The Balaban J connectivity index is 1.94. The van der Waals surface area contributed by atoms with Gasteiger partial charge in [0.25, 0.3) is 5.91 Å². The fourth-order valence-electron chi connectivity index (χ4n) is 2.61. The first kappa shape index (κ1) is 14.6. The summed E-state index contributed by atoms with van der Waals surface area (Å²) >= 11 is 0. The van der Waals surface area contributed by atoms with Gasteiger partial charge in [-0.25, -0.2) is 8.78 Å². The third-order valence-corrected chi connectivity index (χ3v) is 3.83. The van der Waals surface area contributed by atoms with E-state index < -0.39 is 17.7 Å². The van der Waals surface area contributed by atoms with E-state index in [9.17, 15) is 18.7 Å². The summed E-state index contributed by atoms with van der Waals surface area (Å²) in [5, 5.41) is 15.8. The zero-order chi connectivity index (χ0) is 15.7. The molecule has 7 heteroatoms. The molecule has 1 aromatic heterocycles. The van der Waals surface area contributed by atoms with Crippen LogP contribution in [0.25, 0.3) is 11.3 Å². The highest BCUT2D eigenvalue weighted by molar-refractivity contribution is 5.99. The van der Waals surface area contributed by atoms with E-state index in [1.807, 2.05) is 0 Å². The topological polar surface area (TPSA) is 69.2 Å². The minimum Gasteiger partial charge on any atom is -0.393 e. The first-order chi connectivity index (χ1) is 10.6. The number of aromatic nitrogens is 2. The normalized spacial score (nSPS) is 16.0. The Morgan fingerprint density at radius 1 is 1.27 bits per heavy atom. The van der Waals surface area contributed by atoms with Gasteiger partial charge in [0.15, 0.2) is 0 Å². The molecule has 1 amide bonds. The van der Waals surface area contributed by atoms with E-state index >= 15 is 0 Å². The molecule has 0 atom stereocenters. The summed E-state index contributed by atoms with van der Waals surface area (Å²) in [6.45, 7) is 0.814. The molecule has 0 radical (unpaired) electrons. The molecule has 22 heavy (non-hydrogen) atoms. The van der Waals surface area contributed by atoms with Gasteiger partial charge in [-0.3, -0.25) is 9.89 Å². The van der Waals surface area contributed by atoms with Crippen LogP contribution in [-0.2, 0) is 0 Å². The van der Waals surface area contributed by atoms with Gasteiger partial charge in [-0.05, 0) is 25.0 Å². The van der Waals surface area contributed by atoms with Crippen molar-refractivity contribution in [2.45, 2.75) is 18.9 Å². The summed E-state index contributed by atoms with van der Waals surface area (Å²) in [5.74, 6) is -1.86. The standard InChI is InChI=1S/C15H15F2N3O2/c16-11-2-1-3-12(17)13(11)14-10(8-18-19-14)15(22)20-6-4-9(21)5-7-20/h1-3,8-9,21H,4-7H2,(H,18,19). The predicted octanol–water partition coefficient (Wildman–Crippen LogP) is 1.95. The summed E-state index contributed by atoms with van der Waals surface area (Å²) < 4.78 is 27.8. The van der Waals surface area contributed by atoms with Crippen molar-refractivity contribution in [1.82, 2.24) is 15.1 Å². The van der Waals surface area contributed by atoms with E-state index in [1.165, 1.54) is 12.3 Å². The van der Waals surface area contributed by atoms with Gasteiger partial charge in [0, 0.05) is 13.1 Å². The number of nitrogens with one attached hydrogen (secondary N) is 1. The number of piperidine rings is 1. The molecule has 0 aliphatic carbocycles. The van der Waals surface area contributed by atoms with Crippen LogP contribution in [-0.4, -0.2) is 45.3 Å². The van der Waals surface area contributed by atoms with Gasteiger partial charge in [0.1, 0.15) is 11.6 Å². The van der Waals surface area contributed by atoms with Crippen LogP contribution in [0.3, 0.4) is 0 Å². The molecule has 1 aliphatic rings. The van der Waals surface area contributed by atoms with Gasteiger partial charge in [-0.1, -0.05) is 6.07 Å². The fourth-order valence-corrected chi connectivity index (χ4v) is 2.61. The van der Waals surface area contributed by atoms with Crippen molar-refractivity contribution in [3.8, 4) is 11.3 Å². The van der Waals surface area contributed by atoms with Crippen molar-refractivity contribution in [3.05, 3.63) is 41.6 Å². The van der Waals surface area contributed by atoms with Gasteiger partial charge in [-0.15, -0.1) is 0 Å². The first-order valence-electron chi connectivity index (χ1n) is 7.03. The van der Waals surface area contributed by atoms with Gasteiger partial charge in [0.2, 0.25) is 0 Å². The maximum Gasteiger partial charge on any atom is 0.257 e. The van der Waals surface area contributed by atoms with Crippen LogP contribution in [0.5, 0.6) is 0 Å². The zero-order valence-electron chi connectivity index (χ0n) is 11.7. The molecular weight excluding hydrogens is 292 g/mol. The van der Waals surface area contributed by atoms with Crippen LogP contribution in [0.1, 0.15) is 23.2 Å². The third-order valence-electron chi connectivity index (χ3n) is 3.83. The number of aromatic amines is 1. The number of H-pyrrole nitrogens is 1. The average Bonchev–Trinajstić information content (AvgIpc) is 2.96. The zero-order valence-corrected chi connectivity index (χ0v) is 11.7. The van der Waals surface area contributed by atoms with Gasteiger partial charge < -0.3 is 10.0 Å². The molecule has 116 valence electrons. The Morgan fingerprint density at radius 2 is 1.91 bits per heavy atom. The molecular formula is C15H15F2N3O2. The number of aliphatic hydroxyl groups excluding tert-OH is 1. The number of hydrogen-bond acceptors (Lipinski definition) is 3. The number of benzene rings is 1. The SMILES string of the molecule is O=C(c1cn[nH]c1-c1c(F)cccc1F)N1CCC(O)CC1. The van der Waals surface area contributed by atoms with Gasteiger partial charge in [-0.2, -0.15) is 5.10 Å². The lowest BCUT2D eigenvalue weighted by molar-refractivity contribution is 0.0547. The number of aliphatic hydroxyl groups is 1. The lowest BCUT2D eigenvalue weighted by Crippen LogP contribution is -2.40. The molecule has 1 saturated heterocycles. The Morgan fingerprint density at radius 3 is 2.55 bits per heavy atom. The monoisotopic (exact) mass is 307 g/mol. The molecule has 0 spiro atoms. The molecule has 0 saturated carbocycles. The van der Waals surface area contributed by atoms with E-state index in [2.05, 4.69) is 10.2 Å². The fraction of sp³-hybridized carbons (Fsp3) is 0.333. The third kappa shape index (κ3) is 2.59. The van der Waals surface area contributed by atoms with E-state index in [-0.39, 0.29) is 22.7 Å². The van der Waals surface area contributed by atoms with Gasteiger partial charge in [0.05, 0.1) is 29.1 Å². The molecule has 0 unspecified atom stereocenters. The quantitative estimate of drug-likeness (QED) is 0.891. The summed E-state index contributed by atoms with van der Waals surface area (Å²) in [6.07, 6.45) is 1.85. The van der Waals surface area contributed by atoms with Crippen LogP contribution in [0, 0.1) is 11.6 Å². The number of rotatable bonds is 2. The smallest absolute Gasteiger partial charge is 0.257 e. The number of hydrogen-bond donors (Lipinski definition) is 2. The Kier molecular flexibility index (Phi) is 3.89. The van der Waals surface area contributed by atoms with Crippen molar-refractivity contribution in [1.29, 1.82) is 0 Å². The first-order valence-corrected chi connectivity index (χ1v) is 7.03. The van der Waals surface area contributed by atoms with E-state index in [0.29, 0.717) is 25.9 Å². The number of halogens is 2. The Bertz CT molecular complexity index is 674. The lowest BCUT2D eigenvalue weighted by atomic mass is 10.0. The lowest BCUT2D eigenvalue weighted by Gasteiger charge is -2.29.